The number of hydrogen-bond acceptors (Lipinski definition) is 5. The van der Waals surface area contributed by atoms with Crippen molar-refractivity contribution in [2.24, 2.45) is 15.6 Å². The zero-order valence-corrected chi connectivity index (χ0v) is 18.4. The lowest BCUT2D eigenvalue weighted by Gasteiger charge is -2.28. The van der Waals surface area contributed by atoms with E-state index in [4.69, 9.17) is 0 Å². The molecule has 0 saturated carbocycles. The van der Waals surface area contributed by atoms with Gasteiger partial charge in [-0.3, -0.25) is 9.59 Å². The molecule has 1 aliphatic heterocycles. The molecule has 0 spiro atoms. The summed E-state index contributed by atoms with van der Waals surface area (Å²) in [6, 6.07) is 5.90. The van der Waals surface area contributed by atoms with Gasteiger partial charge in [0.25, 0.3) is 0 Å². The van der Waals surface area contributed by atoms with Crippen molar-refractivity contribution in [3.05, 3.63) is 41.0 Å². The molecule has 2 aliphatic rings. The minimum absolute atomic E-state index is 0.0888. The molecular formula is C22H28N4O2S. The van der Waals surface area contributed by atoms with Crippen LogP contribution in [0.5, 0.6) is 0 Å². The number of amides is 2. The maximum Gasteiger partial charge on any atom is 0.240 e. The molecule has 1 aromatic carbocycles. The Morgan fingerprint density at radius 1 is 1.24 bits per heavy atom. The highest BCUT2D eigenvalue weighted by Gasteiger charge is 2.32. The van der Waals surface area contributed by atoms with E-state index in [1.165, 1.54) is 17.3 Å². The Kier molecular flexibility index (Phi) is 6.27. The first-order valence-electron chi connectivity index (χ1n) is 9.78. The Hall–Kier alpha value is -2.41. The number of carbonyl (C=O) groups excluding carboxylic acids is 2. The van der Waals surface area contributed by atoms with E-state index in [-0.39, 0.29) is 23.7 Å². The third kappa shape index (κ3) is 5.79. The first kappa shape index (κ1) is 21.3. The normalized spacial score (nSPS) is 23.8. The first-order valence-corrected chi connectivity index (χ1v) is 10.7. The molecule has 0 aromatic heterocycles. The summed E-state index contributed by atoms with van der Waals surface area (Å²) < 4.78 is 0. The van der Waals surface area contributed by atoms with Gasteiger partial charge in [-0.2, -0.15) is 5.10 Å². The maximum absolute atomic E-state index is 12.4. The number of nitrogens with zero attached hydrogens (tertiary/aromatic N) is 2. The molecule has 3 rings (SSSR count). The van der Waals surface area contributed by atoms with Crippen molar-refractivity contribution in [2.75, 3.05) is 5.32 Å². The lowest BCUT2D eigenvalue weighted by molar-refractivity contribution is -0.122. The van der Waals surface area contributed by atoms with Gasteiger partial charge in [0.05, 0.1) is 5.71 Å². The van der Waals surface area contributed by atoms with Crippen molar-refractivity contribution in [1.29, 1.82) is 0 Å². The van der Waals surface area contributed by atoms with Gasteiger partial charge in [-0.15, -0.1) is 5.10 Å². The monoisotopic (exact) mass is 412 g/mol. The summed E-state index contributed by atoms with van der Waals surface area (Å²) in [5, 5.41) is 14.1. The van der Waals surface area contributed by atoms with Crippen LogP contribution in [0.3, 0.4) is 0 Å². The molecule has 1 fully saturated rings. The third-order valence-electron chi connectivity index (χ3n) is 4.91. The smallest absolute Gasteiger partial charge is 0.240 e. The molecule has 1 aromatic rings. The van der Waals surface area contributed by atoms with Gasteiger partial charge in [-0.1, -0.05) is 43.3 Å². The molecular weight excluding hydrogens is 384 g/mol. The first-order chi connectivity index (χ1) is 13.6. The standard InChI is InChI=1S/C22H28N4O2S/c1-13-6-7-15(3)17(9-13)23-19(27)10-18-20(28)24-21(29-18)26-25-16-8-14(2)11-22(4,5)12-16/h6-9,18H,10-12H2,1-5H3,(H,23,27)(H,24,26,28)/b25-16-/t18-/m0/s1. The maximum atomic E-state index is 12.4. The van der Waals surface area contributed by atoms with Crippen LogP contribution in [0, 0.1) is 19.3 Å². The molecule has 6 nitrogen and oxygen atoms in total. The van der Waals surface area contributed by atoms with Gasteiger partial charge in [0.2, 0.25) is 11.8 Å². The molecule has 0 radical (unpaired) electrons. The van der Waals surface area contributed by atoms with E-state index in [1.54, 1.807) is 0 Å². The van der Waals surface area contributed by atoms with Gasteiger partial charge in [0.15, 0.2) is 5.17 Å². The lowest BCUT2D eigenvalue weighted by atomic mass is 9.77. The average Bonchev–Trinajstić information content (AvgIpc) is 2.94. The van der Waals surface area contributed by atoms with Crippen LogP contribution in [0.2, 0.25) is 0 Å². The summed E-state index contributed by atoms with van der Waals surface area (Å²) in [4.78, 5) is 24.7. The quantitative estimate of drug-likeness (QED) is 0.722. The number of nitrogens with one attached hydrogen (secondary N) is 2. The number of hydrogen-bond donors (Lipinski definition) is 2. The number of allylic oxidation sites excluding steroid dienone is 2. The number of thioether (sulfide) groups is 1. The van der Waals surface area contributed by atoms with E-state index in [9.17, 15) is 9.59 Å². The second-order valence-corrected chi connectivity index (χ2v) is 9.86. The fourth-order valence-electron chi connectivity index (χ4n) is 3.69. The summed E-state index contributed by atoms with van der Waals surface area (Å²) >= 11 is 1.26. The number of carbonyl (C=O) groups is 2. The summed E-state index contributed by atoms with van der Waals surface area (Å²) in [7, 11) is 0. The summed E-state index contributed by atoms with van der Waals surface area (Å²) in [5.74, 6) is -0.396. The van der Waals surface area contributed by atoms with Crippen molar-refractivity contribution < 1.29 is 9.59 Å². The van der Waals surface area contributed by atoms with Crippen LogP contribution < -0.4 is 10.6 Å². The van der Waals surface area contributed by atoms with E-state index in [1.807, 2.05) is 32.0 Å². The van der Waals surface area contributed by atoms with Crippen molar-refractivity contribution in [3.8, 4) is 0 Å². The Balaban J connectivity index is 1.62. The molecule has 7 heteroatoms. The minimum Gasteiger partial charge on any atom is -0.326 e. The van der Waals surface area contributed by atoms with Crippen molar-refractivity contribution in [3.63, 3.8) is 0 Å². The summed E-state index contributed by atoms with van der Waals surface area (Å²) in [5.41, 5.74) is 5.20. The lowest BCUT2D eigenvalue weighted by Crippen LogP contribution is -2.28. The van der Waals surface area contributed by atoms with E-state index < -0.39 is 5.25 Å². The Bertz CT molecular complexity index is 931. The number of anilines is 1. The van der Waals surface area contributed by atoms with Gasteiger partial charge in [0, 0.05) is 12.1 Å². The molecule has 0 bridgehead atoms. The van der Waals surface area contributed by atoms with Crippen LogP contribution in [0.15, 0.2) is 40.1 Å². The predicted octanol–water partition coefficient (Wildman–Crippen LogP) is 4.34. The van der Waals surface area contributed by atoms with Crippen LogP contribution in [-0.4, -0.2) is 27.9 Å². The molecule has 1 aliphatic carbocycles. The van der Waals surface area contributed by atoms with Crippen molar-refractivity contribution >= 4 is 40.1 Å². The molecule has 1 saturated heterocycles. The largest absolute Gasteiger partial charge is 0.326 e. The Morgan fingerprint density at radius 3 is 2.72 bits per heavy atom. The van der Waals surface area contributed by atoms with Gasteiger partial charge in [0.1, 0.15) is 5.25 Å². The zero-order chi connectivity index (χ0) is 21.2. The fraction of sp³-hybridized carbons (Fsp3) is 0.455. The van der Waals surface area contributed by atoms with Crippen LogP contribution in [0.1, 0.15) is 51.2 Å². The molecule has 1 heterocycles. The zero-order valence-electron chi connectivity index (χ0n) is 17.6. The van der Waals surface area contributed by atoms with Crippen LogP contribution in [-0.2, 0) is 9.59 Å². The minimum atomic E-state index is -0.501. The van der Waals surface area contributed by atoms with Gasteiger partial charge >= 0.3 is 0 Å². The third-order valence-corrected chi connectivity index (χ3v) is 5.99. The second-order valence-electron chi connectivity index (χ2n) is 8.67. The topological polar surface area (TPSA) is 82.9 Å². The Morgan fingerprint density at radius 2 is 2.00 bits per heavy atom. The van der Waals surface area contributed by atoms with E-state index >= 15 is 0 Å². The van der Waals surface area contributed by atoms with Gasteiger partial charge in [-0.25, -0.2) is 0 Å². The molecule has 0 unspecified atom stereocenters. The van der Waals surface area contributed by atoms with Crippen LogP contribution in [0.25, 0.3) is 0 Å². The van der Waals surface area contributed by atoms with E-state index in [0.717, 1.165) is 35.4 Å². The van der Waals surface area contributed by atoms with Gasteiger partial charge in [-0.05, 0) is 62.3 Å². The van der Waals surface area contributed by atoms with Crippen LogP contribution >= 0.6 is 11.8 Å². The summed E-state index contributed by atoms with van der Waals surface area (Å²) in [6.45, 7) is 10.4. The molecule has 29 heavy (non-hydrogen) atoms. The van der Waals surface area contributed by atoms with E-state index in [2.05, 4.69) is 47.7 Å². The van der Waals surface area contributed by atoms with Crippen molar-refractivity contribution in [1.82, 2.24) is 5.32 Å². The predicted molar refractivity (Wildman–Crippen MR) is 120 cm³/mol. The second kappa shape index (κ2) is 8.53. The number of benzene rings is 1. The highest BCUT2D eigenvalue weighted by Crippen LogP contribution is 2.34. The molecule has 2 amide bonds. The van der Waals surface area contributed by atoms with Crippen LogP contribution in [0.4, 0.5) is 5.69 Å². The average molecular weight is 413 g/mol. The SMILES string of the molecule is CC1=C/C(=N/N=C2\NC(=O)[C@H](CC(=O)Nc3cc(C)ccc3C)S2)CC(C)(C)C1. The number of rotatable bonds is 4. The fourth-order valence-corrected chi connectivity index (χ4v) is 4.61. The summed E-state index contributed by atoms with van der Waals surface area (Å²) in [6.07, 6.45) is 4.05. The highest BCUT2D eigenvalue weighted by atomic mass is 32.2. The molecule has 154 valence electrons. The number of aryl methyl sites for hydroxylation is 2. The van der Waals surface area contributed by atoms with Gasteiger partial charge < -0.3 is 10.6 Å². The van der Waals surface area contributed by atoms with E-state index in [0.29, 0.717) is 5.17 Å². The molecule has 2 N–H and O–H groups in total. The van der Waals surface area contributed by atoms with Crippen molar-refractivity contribution in [2.45, 2.75) is 59.1 Å². The highest BCUT2D eigenvalue weighted by molar-refractivity contribution is 8.15. The molecule has 1 atom stereocenters. The Labute approximate surface area is 176 Å². The number of amidine groups is 1.